The van der Waals surface area contributed by atoms with E-state index < -0.39 is 0 Å². The standard InChI is InChI=1S/C19H26N4O/c1-12-17(13(2)23-22-12)21-16(24)11-20-18-15-8-6-5-7-14(15)9-10-19(18,3)4/h5-8,18,20H,9-11H2,1-4H3,(H,21,24)(H,22,23)/t18-/m1/s1. The van der Waals surface area contributed by atoms with E-state index in [4.69, 9.17) is 0 Å². The molecule has 3 N–H and O–H groups in total. The number of hydrogen-bond donors (Lipinski definition) is 3. The van der Waals surface area contributed by atoms with Gasteiger partial charge in [0.25, 0.3) is 0 Å². The number of nitrogens with one attached hydrogen (secondary N) is 3. The maximum Gasteiger partial charge on any atom is 0.238 e. The summed E-state index contributed by atoms with van der Waals surface area (Å²) in [5.41, 5.74) is 5.29. The second-order valence-electron chi connectivity index (χ2n) is 7.36. The van der Waals surface area contributed by atoms with Crippen molar-refractivity contribution in [1.82, 2.24) is 15.5 Å². The van der Waals surface area contributed by atoms with Crippen molar-refractivity contribution in [3.05, 3.63) is 46.8 Å². The maximum absolute atomic E-state index is 12.4. The molecule has 24 heavy (non-hydrogen) atoms. The van der Waals surface area contributed by atoms with E-state index in [9.17, 15) is 4.79 Å². The van der Waals surface area contributed by atoms with Gasteiger partial charge in [0.1, 0.15) is 0 Å². The van der Waals surface area contributed by atoms with Crippen LogP contribution in [0.5, 0.6) is 0 Å². The number of carbonyl (C=O) groups excluding carboxylic acids is 1. The summed E-state index contributed by atoms with van der Waals surface area (Å²) in [6.07, 6.45) is 2.21. The summed E-state index contributed by atoms with van der Waals surface area (Å²) in [6, 6.07) is 8.71. The van der Waals surface area contributed by atoms with E-state index in [0.29, 0.717) is 0 Å². The Balaban J connectivity index is 1.70. The number of anilines is 1. The van der Waals surface area contributed by atoms with Crippen molar-refractivity contribution in [3.63, 3.8) is 0 Å². The third-order valence-corrected chi connectivity index (χ3v) is 5.05. The van der Waals surface area contributed by atoms with Crippen LogP contribution in [0.15, 0.2) is 24.3 Å². The minimum Gasteiger partial charge on any atom is -0.322 e. The Hall–Kier alpha value is -2.14. The van der Waals surface area contributed by atoms with Crippen molar-refractivity contribution in [2.24, 2.45) is 5.41 Å². The molecule has 5 nitrogen and oxygen atoms in total. The first-order valence-electron chi connectivity index (χ1n) is 8.51. The van der Waals surface area contributed by atoms with Crippen molar-refractivity contribution in [1.29, 1.82) is 0 Å². The third kappa shape index (κ3) is 3.22. The lowest BCUT2D eigenvalue weighted by molar-refractivity contribution is -0.115. The van der Waals surface area contributed by atoms with E-state index >= 15 is 0 Å². The number of benzene rings is 1. The van der Waals surface area contributed by atoms with Gasteiger partial charge in [-0.1, -0.05) is 38.1 Å². The van der Waals surface area contributed by atoms with Crippen LogP contribution in [0.4, 0.5) is 5.69 Å². The minimum absolute atomic E-state index is 0.0403. The predicted molar refractivity (Wildman–Crippen MR) is 96.0 cm³/mol. The van der Waals surface area contributed by atoms with Crippen molar-refractivity contribution in [2.45, 2.75) is 46.6 Å². The number of aryl methyl sites for hydroxylation is 3. The van der Waals surface area contributed by atoms with Crippen molar-refractivity contribution >= 4 is 11.6 Å². The van der Waals surface area contributed by atoms with E-state index in [0.717, 1.165) is 29.9 Å². The van der Waals surface area contributed by atoms with Crippen LogP contribution in [-0.2, 0) is 11.2 Å². The maximum atomic E-state index is 12.4. The van der Waals surface area contributed by atoms with Crippen LogP contribution in [0.2, 0.25) is 0 Å². The highest BCUT2D eigenvalue weighted by Gasteiger charge is 2.35. The summed E-state index contributed by atoms with van der Waals surface area (Å²) in [6.45, 7) is 8.61. The summed E-state index contributed by atoms with van der Waals surface area (Å²) in [5, 5.41) is 13.4. The van der Waals surface area contributed by atoms with Gasteiger partial charge in [0.15, 0.2) is 0 Å². The van der Waals surface area contributed by atoms with E-state index in [2.05, 4.69) is 58.9 Å². The van der Waals surface area contributed by atoms with E-state index in [1.165, 1.54) is 11.1 Å². The molecule has 1 aromatic carbocycles. The zero-order chi connectivity index (χ0) is 17.3. The molecule has 1 aliphatic rings. The molecule has 1 aliphatic carbocycles. The molecule has 0 aliphatic heterocycles. The largest absolute Gasteiger partial charge is 0.322 e. The number of rotatable bonds is 4. The van der Waals surface area contributed by atoms with Gasteiger partial charge >= 0.3 is 0 Å². The first kappa shape index (κ1) is 16.7. The molecule has 1 heterocycles. The lowest BCUT2D eigenvalue weighted by atomic mass is 9.70. The fourth-order valence-corrected chi connectivity index (χ4v) is 3.57. The van der Waals surface area contributed by atoms with Crippen molar-refractivity contribution < 1.29 is 4.79 Å². The Kier molecular flexibility index (Phi) is 4.45. The molecule has 1 amide bonds. The topological polar surface area (TPSA) is 69.8 Å². The summed E-state index contributed by atoms with van der Waals surface area (Å²) in [5.74, 6) is -0.0403. The second kappa shape index (κ2) is 6.40. The van der Waals surface area contributed by atoms with Gasteiger partial charge in [-0.05, 0) is 43.2 Å². The SMILES string of the molecule is Cc1n[nH]c(C)c1NC(=O)CN[C@@H]1c2ccccc2CCC1(C)C. The summed E-state index contributed by atoms with van der Waals surface area (Å²) in [7, 11) is 0. The average molecular weight is 326 g/mol. The van der Waals surface area contributed by atoms with Crippen molar-refractivity contribution in [2.75, 3.05) is 11.9 Å². The average Bonchev–Trinajstić information content (AvgIpc) is 2.85. The Bertz CT molecular complexity index is 728. The number of hydrogen-bond acceptors (Lipinski definition) is 3. The molecule has 0 fully saturated rings. The molecule has 0 radical (unpaired) electrons. The van der Waals surface area contributed by atoms with Gasteiger partial charge in [0, 0.05) is 6.04 Å². The number of nitrogens with zero attached hydrogens (tertiary/aromatic N) is 1. The van der Waals surface area contributed by atoms with E-state index in [-0.39, 0.29) is 23.9 Å². The first-order valence-corrected chi connectivity index (χ1v) is 8.51. The van der Waals surface area contributed by atoms with Gasteiger partial charge < -0.3 is 10.6 Å². The molecule has 2 aromatic rings. The monoisotopic (exact) mass is 326 g/mol. The minimum atomic E-state index is -0.0403. The van der Waals surface area contributed by atoms with Crippen LogP contribution in [0, 0.1) is 19.3 Å². The van der Waals surface area contributed by atoms with Crippen LogP contribution in [-0.4, -0.2) is 22.6 Å². The molecule has 1 aromatic heterocycles. The molecule has 128 valence electrons. The summed E-state index contributed by atoms with van der Waals surface area (Å²) >= 11 is 0. The molecule has 1 atom stereocenters. The van der Waals surface area contributed by atoms with Gasteiger partial charge in [-0.25, -0.2) is 0 Å². The van der Waals surface area contributed by atoms with Gasteiger partial charge in [-0.3, -0.25) is 9.89 Å². The zero-order valence-electron chi connectivity index (χ0n) is 14.9. The van der Waals surface area contributed by atoms with Crippen LogP contribution in [0.3, 0.4) is 0 Å². The highest BCUT2D eigenvalue weighted by atomic mass is 16.1. The number of aromatic amines is 1. The molecule has 3 rings (SSSR count). The molecule has 0 saturated carbocycles. The third-order valence-electron chi connectivity index (χ3n) is 5.05. The highest BCUT2D eigenvalue weighted by Crippen LogP contribution is 2.43. The van der Waals surface area contributed by atoms with E-state index in [1.807, 2.05) is 13.8 Å². The number of aromatic nitrogens is 2. The summed E-state index contributed by atoms with van der Waals surface area (Å²) in [4.78, 5) is 12.4. The smallest absolute Gasteiger partial charge is 0.238 e. The van der Waals surface area contributed by atoms with Gasteiger partial charge in [-0.15, -0.1) is 0 Å². The molecule has 0 unspecified atom stereocenters. The molecular formula is C19H26N4O. The number of amides is 1. The van der Waals surface area contributed by atoms with Crippen LogP contribution < -0.4 is 10.6 Å². The predicted octanol–water partition coefficient (Wildman–Crippen LogP) is 3.27. The second-order valence-corrected chi connectivity index (χ2v) is 7.36. The lowest BCUT2D eigenvalue weighted by Gasteiger charge is -2.40. The van der Waals surface area contributed by atoms with Crippen LogP contribution in [0.1, 0.15) is 48.8 Å². The fourth-order valence-electron chi connectivity index (χ4n) is 3.57. The van der Waals surface area contributed by atoms with Crippen LogP contribution >= 0.6 is 0 Å². The Morgan fingerprint density at radius 3 is 2.79 bits per heavy atom. The van der Waals surface area contributed by atoms with Crippen molar-refractivity contribution in [3.8, 4) is 0 Å². The highest BCUT2D eigenvalue weighted by molar-refractivity contribution is 5.93. The molecular weight excluding hydrogens is 300 g/mol. The van der Waals surface area contributed by atoms with Gasteiger partial charge in [0.05, 0.1) is 23.6 Å². The molecule has 0 spiro atoms. The molecule has 0 saturated heterocycles. The number of fused-ring (bicyclic) bond motifs is 1. The van der Waals surface area contributed by atoms with E-state index in [1.54, 1.807) is 0 Å². The van der Waals surface area contributed by atoms with Gasteiger partial charge in [0.2, 0.25) is 5.91 Å². The van der Waals surface area contributed by atoms with Gasteiger partial charge in [-0.2, -0.15) is 5.10 Å². The number of carbonyl (C=O) groups is 1. The first-order chi connectivity index (χ1) is 11.4. The van der Waals surface area contributed by atoms with Crippen LogP contribution in [0.25, 0.3) is 0 Å². The molecule has 0 bridgehead atoms. The Morgan fingerprint density at radius 2 is 2.08 bits per heavy atom. The Labute approximate surface area is 143 Å². The molecule has 5 heteroatoms. The number of H-pyrrole nitrogens is 1. The fraction of sp³-hybridized carbons (Fsp3) is 0.474. The zero-order valence-corrected chi connectivity index (χ0v) is 14.9. The normalized spacial score (nSPS) is 18.9. The Morgan fingerprint density at radius 1 is 1.33 bits per heavy atom. The quantitative estimate of drug-likeness (QED) is 0.807. The lowest BCUT2D eigenvalue weighted by Crippen LogP contribution is -2.41. The summed E-state index contributed by atoms with van der Waals surface area (Å²) < 4.78 is 0.